The average molecular weight is 331 g/mol. The fraction of sp³-hybridized carbons (Fsp3) is 0.700. The molecule has 0 aromatic rings. The van der Waals surface area contributed by atoms with Crippen LogP contribution in [-0.4, -0.2) is 72.8 Å². The van der Waals surface area contributed by atoms with Gasteiger partial charge in [0.05, 0.1) is 0 Å². The molecule has 0 amide bonds. The minimum absolute atomic E-state index is 0.206. The monoisotopic (exact) mass is 331 g/mol. The number of fused-ring (bicyclic) bond motifs is 1. The second-order valence-electron chi connectivity index (χ2n) is 5.80. The van der Waals surface area contributed by atoms with Crippen molar-refractivity contribution in [1.29, 1.82) is 0 Å². The van der Waals surface area contributed by atoms with E-state index in [1.807, 2.05) is 4.90 Å². The Bertz CT molecular complexity index is 560. The standard InChI is InChI=1S/C10H19BN5O5P/c11-22(18)19-2-5-7(21-22)6(17)9(20-5)16-3-14-4-1-13-10(12)15-8(4)16/h5-7,9,14,17-18,22H,1-3,11H2,(H3,12,13,15)/t5-,6?,7-,9?/m1/s1. The Labute approximate surface area is 128 Å². The molecule has 0 aromatic carbocycles. The summed E-state index contributed by atoms with van der Waals surface area (Å²) in [4.78, 5) is 16.0. The first-order valence-electron chi connectivity index (χ1n) is 7.14. The molecular weight excluding hydrogens is 312 g/mol. The summed E-state index contributed by atoms with van der Waals surface area (Å²) in [6.07, 6.45) is -2.56. The Morgan fingerprint density at radius 2 is 2.27 bits per heavy atom. The van der Waals surface area contributed by atoms with Crippen molar-refractivity contribution in [2.24, 2.45) is 10.7 Å². The van der Waals surface area contributed by atoms with Crippen LogP contribution in [0.25, 0.3) is 0 Å². The van der Waals surface area contributed by atoms with E-state index in [9.17, 15) is 10.00 Å². The molecule has 0 spiro atoms. The number of aliphatic hydroxyl groups is 1. The average Bonchev–Trinajstić information content (AvgIpc) is 3.00. The summed E-state index contributed by atoms with van der Waals surface area (Å²) in [5.41, 5.74) is 6.61. The summed E-state index contributed by atoms with van der Waals surface area (Å²) in [5, 5.41) is 16.7. The van der Waals surface area contributed by atoms with Gasteiger partial charge in [0.1, 0.15) is 0 Å². The van der Waals surface area contributed by atoms with E-state index in [0.29, 0.717) is 25.0 Å². The molecule has 0 bridgehead atoms. The molecule has 0 saturated carbocycles. The van der Waals surface area contributed by atoms with Crippen molar-refractivity contribution in [3.8, 4) is 0 Å². The molecule has 4 rings (SSSR count). The molecule has 4 atom stereocenters. The van der Waals surface area contributed by atoms with Crippen LogP contribution in [0.1, 0.15) is 0 Å². The van der Waals surface area contributed by atoms with Gasteiger partial charge in [-0.15, -0.1) is 0 Å². The molecule has 2 fully saturated rings. The molecule has 0 aromatic heterocycles. The number of aliphatic imine (C=N–C) groups is 1. The molecular formula is C10H19BN5O5P. The van der Waals surface area contributed by atoms with E-state index in [2.05, 4.69) is 15.6 Å². The van der Waals surface area contributed by atoms with E-state index in [0.717, 1.165) is 5.70 Å². The van der Waals surface area contributed by atoms with Crippen LogP contribution in [0.15, 0.2) is 16.5 Å². The topological polar surface area (TPSA) is 134 Å². The first-order valence-corrected chi connectivity index (χ1v) is 9.40. The number of nitrogens with one attached hydrogen (secondary N) is 2. The second kappa shape index (κ2) is 4.95. The number of ether oxygens (including phenoxy) is 1. The van der Waals surface area contributed by atoms with Crippen LogP contribution in [0.3, 0.4) is 0 Å². The summed E-state index contributed by atoms with van der Waals surface area (Å²) in [7, 11) is -1.65. The molecule has 12 heteroatoms. The van der Waals surface area contributed by atoms with Gasteiger partial charge in [0.15, 0.2) is 0 Å². The zero-order valence-electron chi connectivity index (χ0n) is 12.0. The molecule has 2 saturated heterocycles. The Kier molecular flexibility index (Phi) is 3.26. The normalized spacial score (nSPS) is 41.2. The van der Waals surface area contributed by atoms with Crippen LogP contribution in [0, 0.1) is 0 Å². The maximum absolute atomic E-state index is 10.6. The number of nitrogens with two attached hydrogens (primary N) is 1. The van der Waals surface area contributed by atoms with Crippen LogP contribution in [-0.2, 0) is 13.8 Å². The van der Waals surface area contributed by atoms with Crippen molar-refractivity contribution in [2.45, 2.75) is 24.5 Å². The molecule has 22 heavy (non-hydrogen) atoms. The summed E-state index contributed by atoms with van der Waals surface area (Å²) in [6, 6.07) is 0. The first-order chi connectivity index (χ1) is 10.4. The summed E-state index contributed by atoms with van der Waals surface area (Å²) in [5.74, 6) is 0.983. The van der Waals surface area contributed by atoms with Crippen molar-refractivity contribution < 1.29 is 23.8 Å². The molecule has 10 nitrogen and oxygen atoms in total. The fourth-order valence-electron chi connectivity index (χ4n) is 3.10. The molecule has 0 radical (unpaired) electrons. The Balaban J connectivity index is 1.56. The van der Waals surface area contributed by atoms with Crippen molar-refractivity contribution in [1.82, 2.24) is 15.5 Å². The van der Waals surface area contributed by atoms with Gasteiger partial charge in [-0.25, -0.2) is 0 Å². The molecule has 0 aliphatic carbocycles. The molecule has 4 aliphatic rings. The van der Waals surface area contributed by atoms with Crippen molar-refractivity contribution in [2.75, 3.05) is 19.8 Å². The zero-order chi connectivity index (χ0) is 15.5. The van der Waals surface area contributed by atoms with E-state index in [-0.39, 0.29) is 6.61 Å². The molecule has 4 aliphatic heterocycles. The number of hydrogen-bond donors (Lipinski definition) is 5. The van der Waals surface area contributed by atoms with Crippen molar-refractivity contribution >= 4 is 21.3 Å². The predicted molar refractivity (Wildman–Crippen MR) is 81.1 cm³/mol. The van der Waals surface area contributed by atoms with E-state index in [4.69, 9.17) is 19.5 Å². The van der Waals surface area contributed by atoms with Gasteiger partial charge in [-0.3, -0.25) is 0 Å². The third-order valence-corrected chi connectivity index (χ3v) is 5.58. The van der Waals surface area contributed by atoms with Gasteiger partial charge in [-0.1, -0.05) is 0 Å². The van der Waals surface area contributed by atoms with Gasteiger partial charge >= 0.3 is 127 Å². The maximum atomic E-state index is 10.6. The number of aliphatic hydroxyl groups excluding tert-OH is 1. The predicted octanol–water partition coefficient (Wildman–Crippen LogP) is -3.53. The Morgan fingerprint density at radius 3 is 3.09 bits per heavy atom. The van der Waals surface area contributed by atoms with Crippen molar-refractivity contribution in [3.05, 3.63) is 11.5 Å². The van der Waals surface area contributed by atoms with E-state index >= 15 is 0 Å². The van der Waals surface area contributed by atoms with Crippen LogP contribution >= 0.6 is 7.82 Å². The van der Waals surface area contributed by atoms with Gasteiger partial charge in [0.2, 0.25) is 0 Å². The van der Waals surface area contributed by atoms with Gasteiger partial charge in [0, 0.05) is 0 Å². The summed E-state index contributed by atoms with van der Waals surface area (Å²) in [6.45, 7) is 1.22. The molecule has 6 N–H and O–H groups in total. The van der Waals surface area contributed by atoms with Crippen LogP contribution in [0.5, 0.6) is 0 Å². The van der Waals surface area contributed by atoms with Crippen LogP contribution in [0.2, 0.25) is 0 Å². The second-order valence-corrected chi connectivity index (χ2v) is 8.12. The van der Waals surface area contributed by atoms with Crippen LogP contribution < -0.4 is 16.4 Å². The minimum atomic E-state index is -3.18. The number of guanidine groups is 1. The molecule has 122 valence electrons. The van der Waals surface area contributed by atoms with Gasteiger partial charge in [0.25, 0.3) is 0 Å². The third kappa shape index (κ3) is 2.25. The number of nitrogens with zero attached hydrogens (tertiary/aromatic N) is 2. The number of rotatable bonds is 1. The quantitative estimate of drug-likeness (QED) is 0.245. The first kappa shape index (κ1) is 14.5. The van der Waals surface area contributed by atoms with Gasteiger partial charge in [-0.2, -0.15) is 0 Å². The summed E-state index contributed by atoms with van der Waals surface area (Å²) >= 11 is 0. The number of hydrogen-bond acceptors (Lipinski definition) is 10. The van der Waals surface area contributed by atoms with E-state index < -0.39 is 32.4 Å². The zero-order valence-corrected chi connectivity index (χ0v) is 13.0. The summed E-state index contributed by atoms with van der Waals surface area (Å²) < 4.78 is 16.7. The van der Waals surface area contributed by atoms with E-state index in [1.165, 1.54) is 7.57 Å². The Morgan fingerprint density at radius 1 is 1.45 bits per heavy atom. The van der Waals surface area contributed by atoms with E-state index in [1.54, 1.807) is 0 Å². The fourth-order valence-corrected chi connectivity index (χ4v) is 4.44. The van der Waals surface area contributed by atoms with Crippen LogP contribution in [0.4, 0.5) is 0 Å². The Hall–Kier alpha value is -1.10. The SMILES string of the molecule is B[PH]1(O)OC[C@H]2OC(N3CNC4=C3N=C(N)NC4)C(O)[C@@H]2O1. The molecule has 2 unspecified atom stereocenters. The third-order valence-electron chi connectivity index (χ3n) is 4.16. The van der Waals surface area contributed by atoms with Crippen molar-refractivity contribution in [3.63, 3.8) is 0 Å². The molecule has 4 heterocycles. The van der Waals surface area contributed by atoms with Gasteiger partial charge in [-0.05, 0) is 0 Å². The van der Waals surface area contributed by atoms with Gasteiger partial charge < -0.3 is 0 Å².